The predicted octanol–water partition coefficient (Wildman–Crippen LogP) is 4.95. The molecule has 1 amide bonds. The average molecular weight is 446 g/mol. The number of aromatic nitrogens is 2. The molecule has 5 rings (SSSR count). The summed E-state index contributed by atoms with van der Waals surface area (Å²) in [5, 5.41) is 5.18. The molecule has 160 valence electrons. The van der Waals surface area contributed by atoms with Gasteiger partial charge in [-0.15, -0.1) is 0 Å². The van der Waals surface area contributed by atoms with Gasteiger partial charge in [-0.3, -0.25) is 9.59 Å². The Morgan fingerprint density at radius 2 is 1.81 bits per heavy atom. The molecule has 0 spiro atoms. The highest BCUT2D eigenvalue weighted by molar-refractivity contribution is 8.00. The third-order valence-corrected chi connectivity index (χ3v) is 6.19. The number of methoxy groups -OCH3 is 1. The highest BCUT2D eigenvalue weighted by Gasteiger charge is 2.20. The summed E-state index contributed by atoms with van der Waals surface area (Å²) in [6, 6.07) is 18.5. The van der Waals surface area contributed by atoms with E-state index in [2.05, 4.69) is 15.3 Å². The fraction of sp³-hybridized carbons (Fsp3) is 0.125. The van der Waals surface area contributed by atoms with Crippen molar-refractivity contribution in [3.05, 3.63) is 71.0 Å². The summed E-state index contributed by atoms with van der Waals surface area (Å²) in [7, 11) is 1.56. The number of rotatable bonds is 5. The van der Waals surface area contributed by atoms with Gasteiger partial charge in [-0.25, -0.2) is 4.98 Å². The van der Waals surface area contributed by atoms with E-state index in [0.29, 0.717) is 33.1 Å². The fourth-order valence-corrected chi connectivity index (χ4v) is 4.40. The monoisotopic (exact) mass is 445 g/mol. The molecule has 0 unspecified atom stereocenters. The number of nitrogens with one attached hydrogen (secondary N) is 2. The summed E-state index contributed by atoms with van der Waals surface area (Å²) < 4.78 is 11.4. The number of thioether (sulfide) groups is 1. The zero-order valence-electron chi connectivity index (χ0n) is 17.3. The first kappa shape index (κ1) is 20.1. The van der Waals surface area contributed by atoms with Crippen LogP contribution in [0.25, 0.3) is 32.8 Å². The van der Waals surface area contributed by atoms with Crippen molar-refractivity contribution < 1.29 is 13.9 Å². The number of furan rings is 1. The first-order valence-electron chi connectivity index (χ1n) is 9.99. The minimum absolute atomic E-state index is 0.234. The van der Waals surface area contributed by atoms with Crippen molar-refractivity contribution in [3.8, 4) is 5.75 Å². The molecule has 2 aromatic heterocycles. The van der Waals surface area contributed by atoms with Crippen LogP contribution in [0, 0.1) is 0 Å². The normalized spacial score (nSPS) is 12.3. The Labute approximate surface area is 186 Å². The maximum Gasteiger partial charge on any atom is 0.259 e. The first-order valence-corrected chi connectivity index (χ1v) is 10.9. The summed E-state index contributed by atoms with van der Waals surface area (Å²) in [6.45, 7) is 1.75. The largest absolute Gasteiger partial charge is 0.495 e. The minimum atomic E-state index is -0.518. The lowest BCUT2D eigenvalue weighted by atomic mass is 10.1. The summed E-state index contributed by atoms with van der Waals surface area (Å²) in [6.07, 6.45) is 0. The van der Waals surface area contributed by atoms with Crippen molar-refractivity contribution in [1.29, 1.82) is 0 Å². The molecular formula is C24H19N3O4S. The van der Waals surface area contributed by atoms with Crippen molar-refractivity contribution in [2.75, 3.05) is 12.4 Å². The number of carbonyl (C=O) groups is 1. The molecule has 3 aromatic carbocycles. The van der Waals surface area contributed by atoms with Crippen LogP contribution in [0.3, 0.4) is 0 Å². The van der Waals surface area contributed by atoms with Crippen molar-refractivity contribution in [2.24, 2.45) is 0 Å². The quantitative estimate of drug-likeness (QED) is 0.293. The Morgan fingerprint density at radius 3 is 2.62 bits per heavy atom. The number of hydrogen-bond acceptors (Lipinski definition) is 6. The van der Waals surface area contributed by atoms with Crippen LogP contribution in [0.1, 0.15) is 6.92 Å². The van der Waals surface area contributed by atoms with E-state index in [1.54, 1.807) is 38.3 Å². The maximum absolute atomic E-state index is 12.9. The van der Waals surface area contributed by atoms with Crippen LogP contribution in [0.4, 0.5) is 5.69 Å². The van der Waals surface area contributed by atoms with Crippen LogP contribution in [-0.4, -0.2) is 28.2 Å². The molecule has 7 nitrogen and oxygen atoms in total. The zero-order valence-corrected chi connectivity index (χ0v) is 18.2. The van der Waals surface area contributed by atoms with Gasteiger partial charge >= 0.3 is 0 Å². The lowest BCUT2D eigenvalue weighted by molar-refractivity contribution is -0.115. The molecule has 0 aliphatic rings. The van der Waals surface area contributed by atoms with Gasteiger partial charge < -0.3 is 19.5 Å². The van der Waals surface area contributed by atoms with Gasteiger partial charge in [0.25, 0.3) is 5.56 Å². The molecular weight excluding hydrogens is 426 g/mol. The zero-order chi connectivity index (χ0) is 22.2. The van der Waals surface area contributed by atoms with E-state index in [9.17, 15) is 9.59 Å². The summed E-state index contributed by atoms with van der Waals surface area (Å²) in [5.74, 6) is 0.284. The molecule has 2 heterocycles. The molecule has 0 bridgehead atoms. The number of nitrogens with zero attached hydrogens (tertiary/aromatic N) is 1. The van der Waals surface area contributed by atoms with Gasteiger partial charge in [0, 0.05) is 16.8 Å². The fourth-order valence-electron chi connectivity index (χ4n) is 3.59. The Balaban J connectivity index is 1.41. The second-order valence-corrected chi connectivity index (χ2v) is 8.61. The van der Waals surface area contributed by atoms with Crippen LogP contribution >= 0.6 is 11.8 Å². The van der Waals surface area contributed by atoms with Crippen molar-refractivity contribution in [3.63, 3.8) is 0 Å². The lowest BCUT2D eigenvalue weighted by Gasteiger charge is -2.14. The van der Waals surface area contributed by atoms with E-state index >= 15 is 0 Å². The van der Waals surface area contributed by atoms with Gasteiger partial charge in [-0.05, 0) is 31.2 Å². The summed E-state index contributed by atoms with van der Waals surface area (Å²) in [5.41, 5.74) is 2.29. The van der Waals surface area contributed by atoms with Gasteiger partial charge in [0.2, 0.25) is 5.91 Å². The number of H-pyrrole nitrogens is 1. The number of anilines is 1. The average Bonchev–Trinajstić information content (AvgIpc) is 3.15. The van der Waals surface area contributed by atoms with Gasteiger partial charge in [-0.1, -0.05) is 42.1 Å². The van der Waals surface area contributed by atoms with Crippen LogP contribution in [0.2, 0.25) is 0 Å². The predicted molar refractivity (Wildman–Crippen MR) is 127 cm³/mol. The Kier molecular flexibility index (Phi) is 5.07. The SMILES string of the molecule is COc1cc2c(cc1NC(=O)[C@@H](C)Sc1nc3ccccc3c(=O)[nH]1)oc1ccccc12. The number of para-hydroxylation sites is 2. The third kappa shape index (κ3) is 3.58. The van der Waals surface area contributed by atoms with E-state index < -0.39 is 5.25 Å². The molecule has 0 radical (unpaired) electrons. The van der Waals surface area contributed by atoms with E-state index in [-0.39, 0.29) is 11.5 Å². The molecule has 0 aliphatic carbocycles. The number of carbonyl (C=O) groups excluding carboxylic acids is 1. The molecule has 0 saturated heterocycles. The van der Waals surface area contributed by atoms with E-state index in [1.165, 1.54) is 11.8 Å². The van der Waals surface area contributed by atoms with Crippen LogP contribution in [0.15, 0.2) is 75.0 Å². The molecule has 0 aliphatic heterocycles. The maximum atomic E-state index is 12.9. The van der Waals surface area contributed by atoms with E-state index in [4.69, 9.17) is 9.15 Å². The van der Waals surface area contributed by atoms with Crippen molar-refractivity contribution >= 4 is 56.2 Å². The molecule has 32 heavy (non-hydrogen) atoms. The topological polar surface area (TPSA) is 97.2 Å². The van der Waals surface area contributed by atoms with Gasteiger partial charge in [0.05, 0.1) is 29.0 Å². The summed E-state index contributed by atoms with van der Waals surface area (Å²) in [4.78, 5) is 32.4. The molecule has 0 saturated carbocycles. The number of hydrogen-bond donors (Lipinski definition) is 2. The molecule has 8 heteroatoms. The van der Waals surface area contributed by atoms with Crippen LogP contribution in [0.5, 0.6) is 5.75 Å². The van der Waals surface area contributed by atoms with Gasteiger partial charge in [0.15, 0.2) is 5.16 Å². The lowest BCUT2D eigenvalue weighted by Crippen LogP contribution is -2.23. The number of ether oxygens (including phenoxy) is 1. The second-order valence-electron chi connectivity index (χ2n) is 7.28. The number of fused-ring (bicyclic) bond motifs is 4. The summed E-state index contributed by atoms with van der Waals surface area (Å²) >= 11 is 1.18. The highest BCUT2D eigenvalue weighted by atomic mass is 32.2. The smallest absolute Gasteiger partial charge is 0.259 e. The van der Waals surface area contributed by atoms with E-state index in [1.807, 2.05) is 36.4 Å². The third-order valence-electron chi connectivity index (χ3n) is 5.21. The van der Waals surface area contributed by atoms with Crippen molar-refractivity contribution in [2.45, 2.75) is 17.3 Å². The first-order chi connectivity index (χ1) is 15.5. The van der Waals surface area contributed by atoms with Crippen LogP contribution < -0.4 is 15.6 Å². The second kappa shape index (κ2) is 8.05. The molecule has 0 fully saturated rings. The highest BCUT2D eigenvalue weighted by Crippen LogP contribution is 2.36. The molecule has 1 atom stereocenters. The number of benzene rings is 3. The Morgan fingerprint density at radius 1 is 1.06 bits per heavy atom. The Hall–Kier alpha value is -3.78. The van der Waals surface area contributed by atoms with E-state index in [0.717, 1.165) is 16.4 Å². The number of amides is 1. The number of aromatic amines is 1. The standard InChI is InChI=1S/C24H19N3O4S/c1-13(32-24-26-17-9-5-3-8-15(17)23(29)27-24)22(28)25-18-12-20-16(11-21(18)30-2)14-7-4-6-10-19(14)31-20/h3-13H,1-2H3,(H,25,28)(H,26,27,29)/t13-/m1/s1. The van der Waals surface area contributed by atoms with Crippen LogP contribution in [-0.2, 0) is 4.79 Å². The Bertz CT molecular complexity index is 1540. The molecule has 2 N–H and O–H groups in total. The van der Waals surface area contributed by atoms with Crippen molar-refractivity contribution in [1.82, 2.24) is 9.97 Å². The molecule has 5 aromatic rings. The van der Waals surface area contributed by atoms with Gasteiger partial charge in [0.1, 0.15) is 16.9 Å². The minimum Gasteiger partial charge on any atom is -0.495 e. The van der Waals surface area contributed by atoms with Gasteiger partial charge in [-0.2, -0.15) is 0 Å².